The highest BCUT2D eigenvalue weighted by Gasteiger charge is 2.17. The van der Waals surface area contributed by atoms with Gasteiger partial charge in [-0.1, -0.05) is 58.5 Å². The Labute approximate surface area is 165 Å². The van der Waals surface area contributed by atoms with Gasteiger partial charge < -0.3 is 0 Å². The maximum Gasteiger partial charge on any atom is 0.0781 e. The minimum Gasteiger partial charge on any atom is -0.259 e. The molecule has 0 amide bonds. The molecular weight excluding hydrogens is 398 g/mol. The molecule has 0 bridgehead atoms. The van der Waals surface area contributed by atoms with Crippen molar-refractivity contribution < 1.29 is 0 Å². The van der Waals surface area contributed by atoms with Gasteiger partial charge in [-0.2, -0.15) is 5.26 Å². The Morgan fingerprint density at radius 3 is 1.88 bits per heavy atom. The van der Waals surface area contributed by atoms with Crippen molar-refractivity contribution in [3.63, 3.8) is 0 Å². The molecule has 0 saturated heterocycles. The van der Waals surface area contributed by atoms with Gasteiger partial charge in [-0.15, -0.1) is 0 Å². The lowest BCUT2D eigenvalue weighted by molar-refractivity contribution is 1.12. The molecule has 25 heavy (non-hydrogen) atoms. The summed E-state index contributed by atoms with van der Waals surface area (Å²) >= 11 is 25.3. The number of aromatic nitrogens is 1. The van der Waals surface area contributed by atoms with Crippen molar-refractivity contribution in [1.82, 2.24) is 4.98 Å². The fourth-order valence-corrected chi connectivity index (χ4v) is 3.81. The first kappa shape index (κ1) is 18.0. The highest BCUT2D eigenvalue weighted by molar-refractivity contribution is 6.40. The predicted octanol–water partition coefficient (Wildman–Crippen LogP) is 7.10. The summed E-state index contributed by atoms with van der Waals surface area (Å²) in [6, 6.07) is 14.5. The van der Waals surface area contributed by atoms with Gasteiger partial charge >= 0.3 is 0 Å². The molecule has 2 nitrogen and oxygen atoms in total. The Balaban J connectivity index is 2.29. The molecule has 6 heteroatoms. The molecule has 0 unspecified atom stereocenters. The SMILES string of the molecule is N#CCc1ncc(-c2c(Cl)cccc2Cl)cc1-c1c(Cl)cccc1Cl. The molecule has 0 saturated carbocycles. The minimum absolute atomic E-state index is 0.132. The van der Waals surface area contributed by atoms with E-state index in [0.29, 0.717) is 42.5 Å². The van der Waals surface area contributed by atoms with E-state index in [9.17, 15) is 0 Å². The number of nitrogens with zero attached hydrogens (tertiary/aromatic N) is 2. The van der Waals surface area contributed by atoms with E-state index in [1.165, 1.54) is 0 Å². The lowest BCUT2D eigenvalue weighted by Crippen LogP contribution is -1.96. The van der Waals surface area contributed by atoms with Crippen molar-refractivity contribution >= 4 is 46.4 Å². The van der Waals surface area contributed by atoms with Gasteiger partial charge in [0, 0.05) is 48.5 Å². The van der Waals surface area contributed by atoms with E-state index in [1.54, 1.807) is 42.6 Å². The van der Waals surface area contributed by atoms with Crippen LogP contribution in [-0.2, 0) is 6.42 Å². The molecule has 0 N–H and O–H groups in total. The number of hydrogen-bond donors (Lipinski definition) is 0. The highest BCUT2D eigenvalue weighted by atomic mass is 35.5. The van der Waals surface area contributed by atoms with Gasteiger partial charge in [-0.3, -0.25) is 4.98 Å². The number of benzene rings is 2. The summed E-state index contributed by atoms with van der Waals surface area (Å²) in [6.45, 7) is 0. The zero-order valence-electron chi connectivity index (χ0n) is 12.7. The maximum atomic E-state index is 9.11. The fourth-order valence-electron chi connectivity index (χ4n) is 2.59. The molecule has 2 aromatic carbocycles. The zero-order chi connectivity index (χ0) is 18.0. The molecule has 0 aliphatic heterocycles. The summed E-state index contributed by atoms with van der Waals surface area (Å²) in [5, 5.41) is 11.1. The minimum atomic E-state index is 0.132. The number of halogens is 4. The van der Waals surface area contributed by atoms with E-state index in [2.05, 4.69) is 11.1 Å². The van der Waals surface area contributed by atoms with Crippen LogP contribution >= 0.6 is 46.4 Å². The average Bonchev–Trinajstić information content (AvgIpc) is 2.56. The van der Waals surface area contributed by atoms with Gasteiger partial charge in [0.25, 0.3) is 0 Å². The number of rotatable bonds is 3. The zero-order valence-corrected chi connectivity index (χ0v) is 15.8. The largest absolute Gasteiger partial charge is 0.259 e. The van der Waals surface area contributed by atoms with Crippen molar-refractivity contribution in [3.05, 3.63) is 74.4 Å². The van der Waals surface area contributed by atoms with Crippen molar-refractivity contribution in [3.8, 4) is 28.3 Å². The van der Waals surface area contributed by atoms with Gasteiger partial charge in [0.05, 0.1) is 18.2 Å². The second-order valence-corrected chi connectivity index (χ2v) is 6.88. The molecule has 0 aliphatic rings. The monoisotopic (exact) mass is 406 g/mol. The van der Waals surface area contributed by atoms with Crippen LogP contribution in [0.25, 0.3) is 22.3 Å². The first-order valence-electron chi connectivity index (χ1n) is 7.27. The summed E-state index contributed by atoms with van der Waals surface area (Å²) < 4.78 is 0. The molecule has 3 rings (SSSR count). The number of hydrogen-bond acceptors (Lipinski definition) is 2. The van der Waals surface area contributed by atoms with Gasteiger partial charge in [-0.05, 0) is 30.3 Å². The van der Waals surface area contributed by atoms with Crippen LogP contribution in [0.1, 0.15) is 5.69 Å². The molecule has 124 valence electrons. The Morgan fingerprint density at radius 1 is 0.840 bits per heavy atom. The van der Waals surface area contributed by atoms with Gasteiger partial charge in [0.15, 0.2) is 0 Å². The van der Waals surface area contributed by atoms with Gasteiger partial charge in [-0.25, -0.2) is 0 Å². The quantitative estimate of drug-likeness (QED) is 0.464. The lowest BCUT2D eigenvalue weighted by atomic mass is 9.98. The van der Waals surface area contributed by atoms with E-state index < -0.39 is 0 Å². The summed E-state index contributed by atoms with van der Waals surface area (Å²) in [5.74, 6) is 0. The third kappa shape index (κ3) is 3.61. The molecule has 0 aliphatic carbocycles. The molecule has 0 spiro atoms. The molecule has 1 heterocycles. The maximum absolute atomic E-state index is 9.11. The van der Waals surface area contributed by atoms with E-state index in [0.717, 1.165) is 5.56 Å². The van der Waals surface area contributed by atoms with Crippen LogP contribution in [0.4, 0.5) is 0 Å². The predicted molar refractivity (Wildman–Crippen MR) is 104 cm³/mol. The number of nitriles is 1. The first-order valence-corrected chi connectivity index (χ1v) is 8.78. The topological polar surface area (TPSA) is 36.7 Å². The summed E-state index contributed by atoms with van der Waals surface area (Å²) in [4.78, 5) is 4.43. The molecule has 0 fully saturated rings. The summed E-state index contributed by atoms with van der Waals surface area (Å²) in [5.41, 5.74) is 3.30. The Morgan fingerprint density at radius 2 is 1.36 bits per heavy atom. The van der Waals surface area contributed by atoms with Crippen molar-refractivity contribution in [2.24, 2.45) is 0 Å². The lowest BCUT2D eigenvalue weighted by Gasteiger charge is -2.14. The Hall–Kier alpha value is -1.76. The molecular formula is C19H10Cl4N2. The smallest absolute Gasteiger partial charge is 0.0781 e. The van der Waals surface area contributed by atoms with Gasteiger partial charge in [0.2, 0.25) is 0 Å². The third-order valence-electron chi connectivity index (χ3n) is 3.70. The van der Waals surface area contributed by atoms with Crippen LogP contribution in [0.15, 0.2) is 48.7 Å². The third-order valence-corrected chi connectivity index (χ3v) is 4.96. The average molecular weight is 408 g/mol. The second kappa shape index (κ2) is 7.64. The first-order chi connectivity index (χ1) is 12.0. The molecule has 0 atom stereocenters. The standard InChI is InChI=1S/C19H10Cl4N2/c20-13-3-1-4-14(21)18(13)11-9-12(17(7-8-24)25-10-11)19-15(22)5-2-6-16(19)23/h1-6,9-10H,7H2. The Kier molecular flexibility index (Phi) is 5.51. The second-order valence-electron chi connectivity index (χ2n) is 5.25. The van der Waals surface area contributed by atoms with E-state index in [1.807, 2.05) is 6.07 Å². The van der Waals surface area contributed by atoms with Gasteiger partial charge in [0.1, 0.15) is 0 Å². The van der Waals surface area contributed by atoms with Crippen LogP contribution in [0.3, 0.4) is 0 Å². The van der Waals surface area contributed by atoms with E-state index in [-0.39, 0.29) is 6.42 Å². The summed E-state index contributed by atoms with van der Waals surface area (Å²) in [6.07, 6.45) is 1.78. The molecule has 3 aromatic rings. The van der Waals surface area contributed by atoms with Crippen LogP contribution in [-0.4, -0.2) is 4.98 Å². The van der Waals surface area contributed by atoms with Crippen molar-refractivity contribution in [2.75, 3.05) is 0 Å². The van der Waals surface area contributed by atoms with Crippen molar-refractivity contribution in [1.29, 1.82) is 5.26 Å². The number of pyridine rings is 1. The normalized spacial score (nSPS) is 10.5. The van der Waals surface area contributed by atoms with Crippen LogP contribution in [0.2, 0.25) is 20.1 Å². The van der Waals surface area contributed by atoms with Crippen LogP contribution in [0, 0.1) is 11.3 Å². The summed E-state index contributed by atoms with van der Waals surface area (Å²) in [7, 11) is 0. The van der Waals surface area contributed by atoms with E-state index in [4.69, 9.17) is 51.7 Å². The van der Waals surface area contributed by atoms with Crippen LogP contribution in [0.5, 0.6) is 0 Å². The fraction of sp³-hybridized carbons (Fsp3) is 0.0526. The Bertz CT molecular complexity index is 953. The van der Waals surface area contributed by atoms with Crippen LogP contribution < -0.4 is 0 Å². The highest BCUT2D eigenvalue weighted by Crippen LogP contribution is 2.40. The van der Waals surface area contributed by atoms with Crippen molar-refractivity contribution in [2.45, 2.75) is 6.42 Å². The molecule has 1 aromatic heterocycles. The van der Waals surface area contributed by atoms with E-state index >= 15 is 0 Å². The molecule has 0 radical (unpaired) electrons.